The maximum Gasteiger partial charge on any atom is 0.269 e. The van der Waals surface area contributed by atoms with E-state index in [1.165, 1.54) is 0 Å². The van der Waals surface area contributed by atoms with E-state index < -0.39 is 0 Å². The first-order valence-electron chi connectivity index (χ1n) is 7.27. The summed E-state index contributed by atoms with van der Waals surface area (Å²) in [6, 6.07) is 12.4. The molecule has 0 saturated heterocycles. The first-order chi connectivity index (χ1) is 11.0. The summed E-state index contributed by atoms with van der Waals surface area (Å²) >= 11 is 5.90. The summed E-state index contributed by atoms with van der Waals surface area (Å²) in [4.78, 5) is 25.5. The number of rotatable bonds is 3. The van der Waals surface area contributed by atoms with Crippen LogP contribution in [0.5, 0.6) is 0 Å². The quantitative estimate of drug-likeness (QED) is 0.851. The summed E-state index contributed by atoms with van der Waals surface area (Å²) in [5.74, 6) is -0.224. The molecule has 0 atom stereocenters. The second kappa shape index (κ2) is 6.30. The topological polar surface area (TPSA) is 61.4 Å². The normalized spacial score (nSPS) is 12.7. The fraction of sp³-hybridized carbons (Fsp3) is 0.176. The van der Waals surface area contributed by atoms with Gasteiger partial charge in [-0.05, 0) is 48.4 Å². The van der Waals surface area contributed by atoms with Gasteiger partial charge in [0.1, 0.15) is 0 Å². The Hall–Kier alpha value is -2.53. The molecule has 0 unspecified atom stereocenters. The molecular weight excluding hydrogens is 314 g/mol. The van der Waals surface area contributed by atoms with E-state index in [0.717, 1.165) is 17.7 Å². The number of benzene rings is 2. The van der Waals surface area contributed by atoms with Crippen LogP contribution in [0.4, 0.5) is 11.4 Å². The highest BCUT2D eigenvalue weighted by Crippen LogP contribution is 2.28. The number of carbonyl (C=O) groups is 2. The number of carbonyl (C=O) groups excluding carboxylic acids is 2. The van der Waals surface area contributed by atoms with Gasteiger partial charge in [-0.15, -0.1) is 0 Å². The molecule has 1 aliphatic heterocycles. The zero-order valence-corrected chi connectivity index (χ0v) is 13.4. The third-order valence-electron chi connectivity index (χ3n) is 3.76. The van der Waals surface area contributed by atoms with E-state index >= 15 is 0 Å². The van der Waals surface area contributed by atoms with Crippen LogP contribution in [-0.4, -0.2) is 18.4 Å². The molecule has 3 rings (SSSR count). The second-order valence-electron chi connectivity index (χ2n) is 5.35. The van der Waals surface area contributed by atoms with E-state index in [4.69, 9.17) is 11.6 Å². The molecule has 0 saturated carbocycles. The number of amides is 2. The minimum absolute atomic E-state index is 0.0172. The van der Waals surface area contributed by atoms with Crippen LogP contribution in [0.3, 0.4) is 0 Å². The molecule has 0 fully saturated rings. The Labute approximate surface area is 139 Å². The van der Waals surface area contributed by atoms with Gasteiger partial charge in [0, 0.05) is 29.7 Å². The molecule has 2 aromatic carbocycles. The number of anilines is 2. The van der Waals surface area contributed by atoms with Crippen molar-refractivity contribution in [1.82, 2.24) is 5.43 Å². The van der Waals surface area contributed by atoms with Gasteiger partial charge < -0.3 is 4.90 Å². The molecule has 6 heteroatoms. The van der Waals surface area contributed by atoms with Gasteiger partial charge in [-0.2, -0.15) is 0 Å². The van der Waals surface area contributed by atoms with E-state index in [-0.39, 0.29) is 11.8 Å². The summed E-state index contributed by atoms with van der Waals surface area (Å²) < 4.78 is 0. The first kappa shape index (κ1) is 15.4. The lowest BCUT2D eigenvalue weighted by Crippen LogP contribution is -2.29. The van der Waals surface area contributed by atoms with E-state index in [9.17, 15) is 9.59 Å². The van der Waals surface area contributed by atoms with Crippen molar-refractivity contribution in [3.05, 3.63) is 58.6 Å². The molecule has 118 valence electrons. The van der Waals surface area contributed by atoms with Crippen molar-refractivity contribution in [3.8, 4) is 0 Å². The number of nitrogens with one attached hydrogen (secondary N) is 2. The molecule has 0 aliphatic carbocycles. The Morgan fingerprint density at radius 3 is 2.74 bits per heavy atom. The Kier molecular flexibility index (Phi) is 4.21. The summed E-state index contributed by atoms with van der Waals surface area (Å²) in [5.41, 5.74) is 8.61. The van der Waals surface area contributed by atoms with Gasteiger partial charge in [-0.3, -0.25) is 20.4 Å². The molecule has 0 radical (unpaired) electrons. The van der Waals surface area contributed by atoms with Crippen LogP contribution in [0.1, 0.15) is 22.8 Å². The molecular formula is C17H16ClN3O2. The number of fused-ring (bicyclic) bond motifs is 1. The van der Waals surface area contributed by atoms with Gasteiger partial charge in [0.25, 0.3) is 5.91 Å². The molecule has 0 bridgehead atoms. The van der Waals surface area contributed by atoms with Crippen LogP contribution in [0.25, 0.3) is 0 Å². The van der Waals surface area contributed by atoms with Gasteiger partial charge in [-0.1, -0.05) is 17.7 Å². The van der Waals surface area contributed by atoms with Crippen molar-refractivity contribution in [2.24, 2.45) is 0 Å². The molecule has 23 heavy (non-hydrogen) atoms. The molecule has 2 amide bonds. The fourth-order valence-electron chi connectivity index (χ4n) is 2.64. The number of nitrogens with zero attached hydrogens (tertiary/aromatic N) is 1. The zero-order valence-electron chi connectivity index (χ0n) is 12.6. The smallest absolute Gasteiger partial charge is 0.269 e. The number of halogens is 1. The van der Waals surface area contributed by atoms with Crippen LogP contribution in [0, 0.1) is 0 Å². The van der Waals surface area contributed by atoms with Crippen LogP contribution >= 0.6 is 11.6 Å². The summed E-state index contributed by atoms with van der Waals surface area (Å²) in [7, 11) is 0. The van der Waals surface area contributed by atoms with Crippen LogP contribution < -0.4 is 15.8 Å². The van der Waals surface area contributed by atoms with Gasteiger partial charge in [0.15, 0.2) is 0 Å². The third kappa shape index (κ3) is 3.29. The fourth-order valence-corrected chi connectivity index (χ4v) is 2.83. The summed E-state index contributed by atoms with van der Waals surface area (Å²) in [5, 5.41) is 0.589. The average Bonchev–Trinajstić information content (AvgIpc) is 2.96. The van der Waals surface area contributed by atoms with Crippen molar-refractivity contribution >= 4 is 34.8 Å². The van der Waals surface area contributed by atoms with E-state index in [0.29, 0.717) is 22.8 Å². The van der Waals surface area contributed by atoms with Gasteiger partial charge in [0.2, 0.25) is 5.91 Å². The molecule has 1 heterocycles. The van der Waals surface area contributed by atoms with Gasteiger partial charge in [-0.25, -0.2) is 0 Å². The predicted molar refractivity (Wildman–Crippen MR) is 90.7 cm³/mol. The maximum absolute atomic E-state index is 12.2. The first-order valence-corrected chi connectivity index (χ1v) is 7.65. The highest BCUT2D eigenvalue weighted by Gasteiger charge is 2.23. The van der Waals surface area contributed by atoms with E-state index in [1.807, 2.05) is 12.1 Å². The van der Waals surface area contributed by atoms with Crippen molar-refractivity contribution in [2.45, 2.75) is 13.3 Å². The second-order valence-corrected chi connectivity index (χ2v) is 5.79. The molecule has 2 aromatic rings. The van der Waals surface area contributed by atoms with Crippen molar-refractivity contribution in [2.75, 3.05) is 16.9 Å². The minimum atomic E-state index is -0.242. The Morgan fingerprint density at radius 2 is 2.00 bits per heavy atom. The third-order valence-corrected chi connectivity index (χ3v) is 4.00. The molecule has 1 aliphatic rings. The molecule has 0 aromatic heterocycles. The molecule has 2 N–H and O–H groups in total. The van der Waals surface area contributed by atoms with E-state index in [2.05, 4.69) is 10.9 Å². The number of hydrogen-bond acceptors (Lipinski definition) is 3. The van der Waals surface area contributed by atoms with Crippen LogP contribution in [-0.2, 0) is 11.2 Å². The maximum atomic E-state index is 12.2. The number of hydrogen-bond donors (Lipinski definition) is 2. The average molecular weight is 330 g/mol. The highest BCUT2D eigenvalue weighted by molar-refractivity contribution is 6.30. The highest BCUT2D eigenvalue weighted by atomic mass is 35.5. The largest absolute Gasteiger partial charge is 0.312 e. The Bertz CT molecular complexity index is 776. The minimum Gasteiger partial charge on any atom is -0.312 e. The van der Waals surface area contributed by atoms with E-state index in [1.54, 1.807) is 42.2 Å². The number of hydrazine groups is 1. The van der Waals surface area contributed by atoms with Crippen LogP contribution in [0.2, 0.25) is 5.02 Å². The standard InChI is InChI=1S/C17H16ClN3O2/c1-11(22)21-8-7-12-9-13(5-6-16(12)21)17(23)20-19-15-4-2-3-14(18)10-15/h2-6,9-10,19H,7-8H2,1H3,(H,20,23). The Balaban J connectivity index is 1.70. The van der Waals surface area contributed by atoms with Crippen LogP contribution in [0.15, 0.2) is 42.5 Å². The SMILES string of the molecule is CC(=O)N1CCc2cc(C(=O)NNc3cccc(Cl)c3)ccc21. The van der Waals surface area contributed by atoms with Gasteiger partial charge in [0.05, 0.1) is 5.69 Å². The van der Waals surface area contributed by atoms with Crippen molar-refractivity contribution in [3.63, 3.8) is 0 Å². The summed E-state index contributed by atoms with van der Waals surface area (Å²) in [6.45, 7) is 2.21. The van der Waals surface area contributed by atoms with Gasteiger partial charge >= 0.3 is 0 Å². The monoisotopic (exact) mass is 329 g/mol. The lowest BCUT2D eigenvalue weighted by molar-refractivity contribution is -0.116. The zero-order chi connectivity index (χ0) is 16.4. The lowest BCUT2D eigenvalue weighted by Gasteiger charge is -2.15. The molecule has 0 spiro atoms. The van der Waals surface area contributed by atoms with Crippen molar-refractivity contribution in [1.29, 1.82) is 0 Å². The lowest BCUT2D eigenvalue weighted by atomic mass is 10.1. The van der Waals surface area contributed by atoms with Crippen molar-refractivity contribution < 1.29 is 9.59 Å². The predicted octanol–water partition coefficient (Wildman–Crippen LogP) is 3.01. The Morgan fingerprint density at radius 1 is 1.17 bits per heavy atom. The summed E-state index contributed by atoms with van der Waals surface area (Å²) in [6.07, 6.45) is 0.762. The molecule has 5 nitrogen and oxygen atoms in total.